The van der Waals surface area contributed by atoms with Gasteiger partial charge in [0, 0.05) is 12.5 Å². The summed E-state index contributed by atoms with van der Waals surface area (Å²) in [5.74, 6) is -0.510. The van der Waals surface area contributed by atoms with E-state index >= 15 is 0 Å². The topological polar surface area (TPSA) is 58.4 Å². The zero-order valence-corrected chi connectivity index (χ0v) is 11.7. The molecule has 0 aliphatic carbocycles. The summed E-state index contributed by atoms with van der Waals surface area (Å²) >= 11 is 0. The number of hydrogen-bond acceptors (Lipinski definition) is 3. The molecule has 3 N–H and O–H groups in total. The molecule has 1 rings (SSSR count). The zero-order valence-electron chi connectivity index (χ0n) is 11.7. The first-order valence-electron chi connectivity index (χ1n) is 6.45. The van der Waals surface area contributed by atoms with Crippen molar-refractivity contribution in [3.05, 3.63) is 24.0 Å². The Kier molecular flexibility index (Phi) is 5.76. The number of rotatable bonds is 6. The summed E-state index contributed by atoms with van der Waals surface area (Å²) in [6, 6.07) is 4.42. The minimum atomic E-state index is -0.408. The third-order valence-corrected chi connectivity index (χ3v) is 3.08. The van der Waals surface area contributed by atoms with E-state index in [0.29, 0.717) is 18.2 Å². The third-order valence-electron chi connectivity index (χ3n) is 3.08. The van der Waals surface area contributed by atoms with Gasteiger partial charge < -0.3 is 16.0 Å². The number of benzene rings is 1. The first-order chi connectivity index (χ1) is 8.90. The highest BCUT2D eigenvalue weighted by atomic mass is 19.1. The van der Waals surface area contributed by atoms with Gasteiger partial charge in [-0.1, -0.05) is 0 Å². The minimum Gasteiger partial charge on any atom is -0.397 e. The average Bonchev–Trinajstić information content (AvgIpc) is 2.32. The molecule has 0 fully saturated rings. The van der Waals surface area contributed by atoms with Gasteiger partial charge >= 0.3 is 0 Å². The maximum Gasteiger partial charge on any atom is 0.224 e. The Morgan fingerprint density at radius 2 is 2.16 bits per heavy atom. The van der Waals surface area contributed by atoms with E-state index in [9.17, 15) is 9.18 Å². The molecule has 106 valence electrons. The molecule has 5 heteroatoms. The van der Waals surface area contributed by atoms with E-state index in [1.54, 1.807) is 0 Å². The predicted molar refractivity (Wildman–Crippen MR) is 76.4 cm³/mol. The standard InChI is InChI=1S/C14H22FN3O/c1-10(2)18(3)8-4-5-14(19)17-13-7-6-11(15)9-12(13)16/h6-7,9-10H,4-5,8,16H2,1-3H3,(H,17,19). The van der Waals surface area contributed by atoms with E-state index in [0.717, 1.165) is 13.0 Å². The van der Waals surface area contributed by atoms with Crippen LogP contribution in [-0.4, -0.2) is 30.4 Å². The van der Waals surface area contributed by atoms with Gasteiger partial charge in [0.15, 0.2) is 0 Å². The molecule has 0 aromatic heterocycles. The maximum atomic E-state index is 12.9. The lowest BCUT2D eigenvalue weighted by molar-refractivity contribution is -0.116. The normalized spacial score (nSPS) is 11.1. The first-order valence-corrected chi connectivity index (χ1v) is 6.45. The molecule has 1 aromatic carbocycles. The lowest BCUT2D eigenvalue weighted by Crippen LogP contribution is -2.28. The number of nitrogens with zero attached hydrogens (tertiary/aromatic N) is 1. The van der Waals surface area contributed by atoms with Gasteiger partial charge in [0.05, 0.1) is 11.4 Å². The summed E-state index contributed by atoms with van der Waals surface area (Å²) in [6.07, 6.45) is 1.20. The summed E-state index contributed by atoms with van der Waals surface area (Å²) in [7, 11) is 2.03. The van der Waals surface area contributed by atoms with Gasteiger partial charge in [-0.25, -0.2) is 4.39 Å². The molecular formula is C14H22FN3O. The van der Waals surface area contributed by atoms with E-state index in [1.807, 2.05) is 7.05 Å². The van der Waals surface area contributed by atoms with Crippen LogP contribution in [0.1, 0.15) is 26.7 Å². The number of carbonyl (C=O) groups excluding carboxylic acids is 1. The molecule has 0 aliphatic heterocycles. The van der Waals surface area contributed by atoms with Gasteiger partial charge in [-0.3, -0.25) is 4.79 Å². The van der Waals surface area contributed by atoms with Crippen molar-refractivity contribution in [1.29, 1.82) is 0 Å². The number of amides is 1. The Morgan fingerprint density at radius 1 is 1.47 bits per heavy atom. The largest absolute Gasteiger partial charge is 0.397 e. The summed E-state index contributed by atoms with van der Waals surface area (Å²) in [5.41, 5.74) is 6.33. The van der Waals surface area contributed by atoms with E-state index in [2.05, 4.69) is 24.1 Å². The van der Waals surface area contributed by atoms with Crippen LogP contribution in [0.5, 0.6) is 0 Å². The summed E-state index contributed by atoms with van der Waals surface area (Å²) in [5, 5.41) is 2.69. The number of hydrogen-bond donors (Lipinski definition) is 2. The summed E-state index contributed by atoms with van der Waals surface area (Å²) in [4.78, 5) is 13.9. The molecular weight excluding hydrogens is 245 g/mol. The quantitative estimate of drug-likeness (QED) is 0.778. The van der Waals surface area contributed by atoms with Crippen molar-refractivity contribution in [2.45, 2.75) is 32.7 Å². The summed E-state index contributed by atoms with van der Waals surface area (Å²) in [6.45, 7) is 5.09. The van der Waals surface area contributed by atoms with E-state index in [4.69, 9.17) is 5.73 Å². The van der Waals surface area contributed by atoms with Gasteiger partial charge in [0.25, 0.3) is 0 Å². The maximum absolute atomic E-state index is 12.9. The zero-order chi connectivity index (χ0) is 14.4. The van der Waals surface area contributed by atoms with Crippen LogP contribution in [0.25, 0.3) is 0 Å². The number of nitrogens with one attached hydrogen (secondary N) is 1. The first kappa shape index (κ1) is 15.4. The lowest BCUT2D eigenvalue weighted by atomic mass is 10.2. The number of carbonyl (C=O) groups is 1. The number of halogens is 1. The monoisotopic (exact) mass is 267 g/mol. The highest BCUT2D eigenvalue weighted by Crippen LogP contribution is 2.19. The van der Waals surface area contributed by atoms with E-state index in [1.165, 1.54) is 18.2 Å². The summed E-state index contributed by atoms with van der Waals surface area (Å²) < 4.78 is 12.9. The third kappa shape index (κ3) is 5.26. The van der Waals surface area contributed by atoms with E-state index < -0.39 is 5.82 Å². The Balaban J connectivity index is 2.39. The second kappa shape index (κ2) is 7.09. The van der Waals surface area contributed by atoms with Crippen LogP contribution in [0.2, 0.25) is 0 Å². The fourth-order valence-electron chi connectivity index (χ4n) is 1.61. The highest BCUT2D eigenvalue weighted by Gasteiger charge is 2.08. The Bertz CT molecular complexity index is 435. The SMILES string of the molecule is CC(C)N(C)CCCC(=O)Nc1ccc(F)cc1N. The number of nitrogens with two attached hydrogens (primary N) is 1. The van der Waals surface area contributed by atoms with Crippen molar-refractivity contribution in [3.8, 4) is 0 Å². The molecule has 0 unspecified atom stereocenters. The fourth-order valence-corrected chi connectivity index (χ4v) is 1.61. The smallest absolute Gasteiger partial charge is 0.224 e. The molecule has 0 saturated heterocycles. The van der Waals surface area contributed by atoms with Crippen molar-refractivity contribution < 1.29 is 9.18 Å². The van der Waals surface area contributed by atoms with Crippen molar-refractivity contribution >= 4 is 17.3 Å². The van der Waals surface area contributed by atoms with Gasteiger partial charge in [0.2, 0.25) is 5.91 Å². The van der Waals surface area contributed by atoms with Crippen LogP contribution in [0, 0.1) is 5.82 Å². The highest BCUT2D eigenvalue weighted by molar-refractivity contribution is 5.93. The fraction of sp³-hybridized carbons (Fsp3) is 0.500. The van der Waals surface area contributed by atoms with Crippen molar-refractivity contribution in [2.75, 3.05) is 24.6 Å². The van der Waals surface area contributed by atoms with Crippen LogP contribution in [0.15, 0.2) is 18.2 Å². The van der Waals surface area contributed by atoms with Gasteiger partial charge in [-0.15, -0.1) is 0 Å². The molecule has 0 radical (unpaired) electrons. The average molecular weight is 267 g/mol. The number of anilines is 2. The van der Waals surface area contributed by atoms with Gasteiger partial charge in [0.1, 0.15) is 5.82 Å². The van der Waals surface area contributed by atoms with Crippen molar-refractivity contribution in [1.82, 2.24) is 4.90 Å². The van der Waals surface area contributed by atoms with Crippen molar-refractivity contribution in [3.63, 3.8) is 0 Å². The van der Waals surface area contributed by atoms with Crippen LogP contribution in [0.3, 0.4) is 0 Å². The molecule has 0 saturated carbocycles. The minimum absolute atomic E-state index is 0.101. The molecule has 0 atom stereocenters. The van der Waals surface area contributed by atoms with Gasteiger partial charge in [-0.2, -0.15) is 0 Å². The molecule has 0 bridgehead atoms. The predicted octanol–water partition coefficient (Wildman–Crippen LogP) is 2.47. The Morgan fingerprint density at radius 3 is 2.74 bits per heavy atom. The lowest BCUT2D eigenvalue weighted by Gasteiger charge is -2.20. The molecule has 0 spiro atoms. The molecule has 4 nitrogen and oxygen atoms in total. The van der Waals surface area contributed by atoms with Crippen LogP contribution >= 0.6 is 0 Å². The van der Waals surface area contributed by atoms with Gasteiger partial charge in [-0.05, 0) is 52.1 Å². The number of nitrogen functional groups attached to an aromatic ring is 1. The van der Waals surface area contributed by atoms with Crippen molar-refractivity contribution in [2.24, 2.45) is 0 Å². The second-order valence-corrected chi connectivity index (χ2v) is 4.96. The Labute approximate surface area is 113 Å². The van der Waals surface area contributed by atoms with Crippen LogP contribution in [-0.2, 0) is 4.79 Å². The molecule has 1 aromatic rings. The molecule has 0 aliphatic rings. The van der Waals surface area contributed by atoms with Crippen LogP contribution < -0.4 is 11.1 Å². The molecule has 0 heterocycles. The second-order valence-electron chi connectivity index (χ2n) is 4.96. The molecule has 1 amide bonds. The van der Waals surface area contributed by atoms with Crippen LogP contribution in [0.4, 0.5) is 15.8 Å². The molecule has 19 heavy (non-hydrogen) atoms. The van der Waals surface area contributed by atoms with E-state index in [-0.39, 0.29) is 11.6 Å². The Hall–Kier alpha value is -1.62.